The van der Waals surface area contributed by atoms with Gasteiger partial charge in [0.2, 0.25) is 5.82 Å². The molecule has 1 amide bonds. The van der Waals surface area contributed by atoms with Gasteiger partial charge in [0.05, 0.1) is 0 Å². The molecule has 5 heteroatoms. The minimum Gasteiger partial charge on any atom is -0.332 e. The molecular weight excluding hydrogens is 216 g/mol. The smallest absolute Gasteiger partial charge is 0.293 e. The summed E-state index contributed by atoms with van der Waals surface area (Å²) in [4.78, 5) is 18.1. The Morgan fingerprint density at radius 3 is 3.06 bits per heavy atom. The Morgan fingerprint density at radius 2 is 2.41 bits per heavy atom. The summed E-state index contributed by atoms with van der Waals surface area (Å²) in [6.45, 7) is 5.59. The number of carbonyl (C=O) groups excluding carboxylic acids is 1. The SMILES string of the molecule is CCCc1nc(C(=O)N2CC=C(C)CC2)n[nH]1. The van der Waals surface area contributed by atoms with Gasteiger partial charge in [-0.3, -0.25) is 9.89 Å². The summed E-state index contributed by atoms with van der Waals surface area (Å²) in [6.07, 6.45) is 4.85. The molecule has 2 rings (SSSR count). The highest BCUT2D eigenvalue weighted by molar-refractivity contribution is 5.90. The Kier molecular flexibility index (Phi) is 3.56. The lowest BCUT2D eigenvalue weighted by Gasteiger charge is -2.24. The number of rotatable bonds is 3. The van der Waals surface area contributed by atoms with Crippen LogP contribution in [0.15, 0.2) is 11.6 Å². The molecule has 0 aliphatic carbocycles. The summed E-state index contributed by atoms with van der Waals surface area (Å²) in [7, 11) is 0. The third kappa shape index (κ3) is 2.72. The van der Waals surface area contributed by atoms with E-state index in [-0.39, 0.29) is 5.91 Å². The molecule has 0 spiro atoms. The van der Waals surface area contributed by atoms with E-state index in [0.717, 1.165) is 31.6 Å². The van der Waals surface area contributed by atoms with Crippen molar-refractivity contribution in [3.05, 3.63) is 23.3 Å². The maximum absolute atomic E-state index is 12.1. The Hall–Kier alpha value is -1.65. The fraction of sp³-hybridized carbons (Fsp3) is 0.583. The summed E-state index contributed by atoms with van der Waals surface area (Å²) < 4.78 is 0. The molecule has 0 saturated carbocycles. The van der Waals surface area contributed by atoms with Gasteiger partial charge in [0.25, 0.3) is 5.91 Å². The van der Waals surface area contributed by atoms with Crippen LogP contribution in [0.25, 0.3) is 0 Å². The molecule has 0 atom stereocenters. The second kappa shape index (κ2) is 5.12. The summed E-state index contributed by atoms with van der Waals surface area (Å²) in [5.74, 6) is 1.01. The van der Waals surface area contributed by atoms with E-state index in [1.807, 2.05) is 0 Å². The number of hydrogen-bond donors (Lipinski definition) is 1. The molecular formula is C12H18N4O. The van der Waals surface area contributed by atoms with Gasteiger partial charge in [-0.1, -0.05) is 18.6 Å². The first kappa shape index (κ1) is 11.8. The first-order valence-electron chi connectivity index (χ1n) is 6.07. The zero-order chi connectivity index (χ0) is 12.3. The van der Waals surface area contributed by atoms with E-state index in [0.29, 0.717) is 12.4 Å². The molecule has 0 aromatic carbocycles. The molecule has 92 valence electrons. The van der Waals surface area contributed by atoms with Crippen LogP contribution in [-0.2, 0) is 6.42 Å². The average molecular weight is 234 g/mol. The maximum Gasteiger partial charge on any atom is 0.293 e. The highest BCUT2D eigenvalue weighted by Gasteiger charge is 2.21. The third-order valence-electron chi connectivity index (χ3n) is 2.93. The van der Waals surface area contributed by atoms with Crippen LogP contribution < -0.4 is 0 Å². The zero-order valence-electron chi connectivity index (χ0n) is 10.4. The Bertz CT molecular complexity index is 435. The van der Waals surface area contributed by atoms with Crippen LogP contribution in [0.2, 0.25) is 0 Å². The van der Waals surface area contributed by atoms with Gasteiger partial charge in [-0.25, -0.2) is 4.98 Å². The van der Waals surface area contributed by atoms with Gasteiger partial charge in [-0.2, -0.15) is 0 Å². The van der Waals surface area contributed by atoms with Crippen molar-refractivity contribution in [1.82, 2.24) is 20.1 Å². The topological polar surface area (TPSA) is 61.9 Å². The van der Waals surface area contributed by atoms with Gasteiger partial charge in [0.1, 0.15) is 5.82 Å². The molecule has 17 heavy (non-hydrogen) atoms. The van der Waals surface area contributed by atoms with Gasteiger partial charge in [-0.05, 0) is 19.8 Å². The predicted molar refractivity (Wildman–Crippen MR) is 64.7 cm³/mol. The number of aromatic nitrogens is 3. The summed E-state index contributed by atoms with van der Waals surface area (Å²) in [5.41, 5.74) is 1.34. The monoisotopic (exact) mass is 234 g/mol. The van der Waals surface area contributed by atoms with Crippen molar-refractivity contribution in [3.8, 4) is 0 Å². The molecule has 2 heterocycles. The molecule has 0 saturated heterocycles. The highest BCUT2D eigenvalue weighted by atomic mass is 16.2. The number of hydrogen-bond acceptors (Lipinski definition) is 3. The number of amides is 1. The number of nitrogens with one attached hydrogen (secondary N) is 1. The lowest BCUT2D eigenvalue weighted by Crippen LogP contribution is -2.35. The molecule has 1 aromatic rings. The fourth-order valence-electron chi connectivity index (χ4n) is 1.84. The minimum atomic E-state index is -0.0765. The van der Waals surface area contributed by atoms with Crippen molar-refractivity contribution < 1.29 is 4.79 Å². The first-order chi connectivity index (χ1) is 8.20. The van der Waals surface area contributed by atoms with Crippen LogP contribution >= 0.6 is 0 Å². The summed E-state index contributed by atoms with van der Waals surface area (Å²) >= 11 is 0. The standard InChI is InChI=1S/C12H18N4O/c1-3-4-10-13-11(15-14-10)12(17)16-7-5-9(2)6-8-16/h5H,3-4,6-8H2,1-2H3,(H,13,14,15). The van der Waals surface area contributed by atoms with E-state index < -0.39 is 0 Å². The van der Waals surface area contributed by atoms with Crippen molar-refractivity contribution >= 4 is 5.91 Å². The van der Waals surface area contributed by atoms with E-state index >= 15 is 0 Å². The van der Waals surface area contributed by atoms with E-state index in [1.54, 1.807) is 4.90 Å². The van der Waals surface area contributed by atoms with Crippen molar-refractivity contribution in [1.29, 1.82) is 0 Å². The molecule has 1 N–H and O–H groups in total. The van der Waals surface area contributed by atoms with Gasteiger partial charge in [0.15, 0.2) is 0 Å². The average Bonchev–Trinajstić information content (AvgIpc) is 2.78. The number of aryl methyl sites for hydroxylation is 1. The molecule has 1 aromatic heterocycles. The second-order valence-electron chi connectivity index (χ2n) is 4.41. The largest absolute Gasteiger partial charge is 0.332 e. The number of aromatic amines is 1. The Balaban J connectivity index is 2.04. The second-order valence-corrected chi connectivity index (χ2v) is 4.41. The lowest BCUT2D eigenvalue weighted by atomic mass is 10.1. The number of nitrogens with zero attached hydrogens (tertiary/aromatic N) is 3. The molecule has 5 nitrogen and oxygen atoms in total. The van der Waals surface area contributed by atoms with E-state index in [2.05, 4.69) is 35.1 Å². The van der Waals surface area contributed by atoms with Gasteiger partial charge in [0, 0.05) is 19.5 Å². The molecule has 1 aliphatic rings. The molecule has 0 fully saturated rings. The molecule has 0 bridgehead atoms. The summed E-state index contributed by atoms with van der Waals surface area (Å²) in [5, 5.41) is 6.79. The molecule has 0 unspecified atom stereocenters. The van der Waals surface area contributed by atoms with Crippen LogP contribution in [0.3, 0.4) is 0 Å². The number of H-pyrrole nitrogens is 1. The normalized spacial score (nSPS) is 15.9. The fourth-order valence-corrected chi connectivity index (χ4v) is 1.84. The zero-order valence-corrected chi connectivity index (χ0v) is 10.4. The van der Waals surface area contributed by atoms with Crippen molar-refractivity contribution in [2.24, 2.45) is 0 Å². The third-order valence-corrected chi connectivity index (χ3v) is 2.93. The van der Waals surface area contributed by atoms with Crippen molar-refractivity contribution in [2.75, 3.05) is 13.1 Å². The lowest BCUT2D eigenvalue weighted by molar-refractivity contribution is 0.0757. The Morgan fingerprint density at radius 1 is 1.59 bits per heavy atom. The summed E-state index contributed by atoms with van der Waals surface area (Å²) in [6, 6.07) is 0. The maximum atomic E-state index is 12.1. The number of carbonyl (C=O) groups is 1. The molecule has 0 radical (unpaired) electrons. The van der Waals surface area contributed by atoms with E-state index in [9.17, 15) is 4.79 Å². The van der Waals surface area contributed by atoms with Crippen molar-refractivity contribution in [2.45, 2.75) is 33.1 Å². The minimum absolute atomic E-state index is 0.0765. The highest BCUT2D eigenvalue weighted by Crippen LogP contribution is 2.11. The Labute approximate surface area is 101 Å². The van der Waals surface area contributed by atoms with Crippen LogP contribution in [0.4, 0.5) is 0 Å². The quantitative estimate of drug-likeness (QED) is 0.807. The van der Waals surface area contributed by atoms with Crippen LogP contribution in [-0.4, -0.2) is 39.1 Å². The van der Waals surface area contributed by atoms with E-state index in [4.69, 9.17) is 0 Å². The van der Waals surface area contributed by atoms with Crippen LogP contribution in [0, 0.1) is 0 Å². The van der Waals surface area contributed by atoms with Gasteiger partial charge in [-0.15, -0.1) is 5.10 Å². The van der Waals surface area contributed by atoms with E-state index in [1.165, 1.54) is 5.57 Å². The molecule has 1 aliphatic heterocycles. The van der Waals surface area contributed by atoms with Crippen molar-refractivity contribution in [3.63, 3.8) is 0 Å². The van der Waals surface area contributed by atoms with Crippen LogP contribution in [0.5, 0.6) is 0 Å². The predicted octanol–water partition coefficient (Wildman–Crippen LogP) is 1.55. The van der Waals surface area contributed by atoms with Crippen LogP contribution in [0.1, 0.15) is 43.1 Å². The first-order valence-corrected chi connectivity index (χ1v) is 6.07. The van der Waals surface area contributed by atoms with Gasteiger partial charge >= 0.3 is 0 Å². The van der Waals surface area contributed by atoms with Gasteiger partial charge < -0.3 is 4.90 Å².